The molecular weight excluding hydrogens is 188 g/mol. The van der Waals surface area contributed by atoms with Gasteiger partial charge in [-0.3, -0.25) is 4.79 Å². The molecule has 0 aromatic carbocycles. The summed E-state index contributed by atoms with van der Waals surface area (Å²) in [6.45, 7) is 11.4. The minimum Gasteiger partial charge on any atom is -0.358 e. The molecule has 0 aliphatic carbocycles. The summed E-state index contributed by atoms with van der Waals surface area (Å²) < 4.78 is 0. The molecule has 0 rings (SSSR count). The first-order valence-corrected chi connectivity index (χ1v) is 5.85. The second-order valence-corrected chi connectivity index (χ2v) is 4.83. The molecule has 0 saturated carbocycles. The summed E-state index contributed by atoms with van der Waals surface area (Å²) in [7, 11) is 1.69. The summed E-state index contributed by atoms with van der Waals surface area (Å²) in [5.74, 6) is 0.954. The number of amides is 1. The third kappa shape index (κ3) is 3.82. The molecule has 0 aromatic rings. The molecule has 0 aromatic heterocycles. The Morgan fingerprint density at radius 2 is 1.87 bits per heavy atom. The van der Waals surface area contributed by atoms with Crippen molar-refractivity contribution in [3.8, 4) is 0 Å². The van der Waals surface area contributed by atoms with E-state index in [1.807, 2.05) is 6.92 Å². The molecule has 0 spiro atoms. The Morgan fingerprint density at radius 1 is 1.33 bits per heavy atom. The lowest BCUT2D eigenvalue weighted by Crippen LogP contribution is -2.58. The van der Waals surface area contributed by atoms with Crippen molar-refractivity contribution in [3.05, 3.63) is 0 Å². The molecule has 0 aliphatic heterocycles. The Morgan fingerprint density at radius 3 is 2.20 bits per heavy atom. The second-order valence-electron chi connectivity index (χ2n) is 4.83. The van der Waals surface area contributed by atoms with Crippen molar-refractivity contribution in [2.75, 3.05) is 13.6 Å². The summed E-state index contributed by atoms with van der Waals surface area (Å²) in [6, 6.07) is 0. The molecule has 0 heterocycles. The molecule has 0 bridgehead atoms. The third-order valence-corrected chi connectivity index (χ3v) is 3.37. The van der Waals surface area contributed by atoms with Gasteiger partial charge < -0.3 is 10.6 Å². The van der Waals surface area contributed by atoms with Gasteiger partial charge in [0.05, 0.1) is 5.54 Å². The molecule has 0 aliphatic rings. The molecule has 2 unspecified atom stereocenters. The van der Waals surface area contributed by atoms with Crippen LogP contribution in [0.3, 0.4) is 0 Å². The standard InChI is InChI=1S/C12H26N2O/c1-7-10(4)8-14-12(5,9(2)3)11(15)13-6/h9-10,14H,7-8H2,1-6H3,(H,13,15). The fraction of sp³-hybridized carbons (Fsp3) is 0.917. The first kappa shape index (κ1) is 14.4. The van der Waals surface area contributed by atoms with Gasteiger partial charge in [-0.25, -0.2) is 0 Å². The number of rotatable bonds is 6. The van der Waals surface area contributed by atoms with Crippen molar-refractivity contribution in [3.63, 3.8) is 0 Å². The average molecular weight is 214 g/mol. The number of likely N-dealkylation sites (N-methyl/N-ethyl adjacent to an activating group) is 1. The number of carbonyl (C=O) groups is 1. The van der Waals surface area contributed by atoms with E-state index in [-0.39, 0.29) is 11.8 Å². The first-order chi connectivity index (χ1) is 6.88. The lowest BCUT2D eigenvalue weighted by Gasteiger charge is -2.34. The first-order valence-electron chi connectivity index (χ1n) is 5.85. The number of hydrogen-bond donors (Lipinski definition) is 2. The van der Waals surface area contributed by atoms with Crippen molar-refractivity contribution < 1.29 is 4.79 Å². The fourth-order valence-corrected chi connectivity index (χ4v) is 1.34. The highest BCUT2D eigenvalue weighted by atomic mass is 16.2. The Hall–Kier alpha value is -0.570. The maximum absolute atomic E-state index is 11.8. The van der Waals surface area contributed by atoms with Crippen molar-refractivity contribution >= 4 is 5.91 Å². The van der Waals surface area contributed by atoms with Crippen LogP contribution in [0.4, 0.5) is 0 Å². The van der Waals surface area contributed by atoms with E-state index >= 15 is 0 Å². The molecule has 3 heteroatoms. The predicted molar refractivity (Wildman–Crippen MR) is 64.8 cm³/mol. The molecule has 1 amide bonds. The summed E-state index contributed by atoms with van der Waals surface area (Å²) in [4.78, 5) is 11.8. The van der Waals surface area contributed by atoms with Crippen LogP contribution in [-0.4, -0.2) is 25.0 Å². The van der Waals surface area contributed by atoms with Gasteiger partial charge in [-0.1, -0.05) is 34.1 Å². The van der Waals surface area contributed by atoms with Crippen LogP contribution < -0.4 is 10.6 Å². The monoisotopic (exact) mass is 214 g/mol. The van der Waals surface area contributed by atoms with Gasteiger partial charge in [-0.05, 0) is 25.3 Å². The summed E-state index contributed by atoms with van der Waals surface area (Å²) in [5.41, 5.74) is -0.460. The van der Waals surface area contributed by atoms with Crippen LogP contribution in [0, 0.1) is 11.8 Å². The molecule has 0 saturated heterocycles. The van der Waals surface area contributed by atoms with Crippen LogP contribution in [0.1, 0.15) is 41.0 Å². The van der Waals surface area contributed by atoms with Gasteiger partial charge in [-0.2, -0.15) is 0 Å². The third-order valence-electron chi connectivity index (χ3n) is 3.37. The van der Waals surface area contributed by atoms with Gasteiger partial charge in [-0.15, -0.1) is 0 Å². The second kappa shape index (κ2) is 6.11. The van der Waals surface area contributed by atoms with E-state index in [1.165, 1.54) is 0 Å². The Kier molecular flexibility index (Phi) is 5.88. The molecule has 15 heavy (non-hydrogen) atoms. The highest BCUT2D eigenvalue weighted by molar-refractivity contribution is 5.85. The summed E-state index contributed by atoms with van der Waals surface area (Å²) >= 11 is 0. The van der Waals surface area contributed by atoms with E-state index in [9.17, 15) is 4.79 Å². The summed E-state index contributed by atoms with van der Waals surface area (Å²) in [6.07, 6.45) is 1.13. The van der Waals surface area contributed by atoms with E-state index in [0.29, 0.717) is 5.92 Å². The quantitative estimate of drug-likeness (QED) is 0.707. The van der Waals surface area contributed by atoms with E-state index in [0.717, 1.165) is 13.0 Å². The van der Waals surface area contributed by atoms with Gasteiger partial charge in [0.25, 0.3) is 0 Å². The normalized spacial score (nSPS) is 17.3. The van der Waals surface area contributed by atoms with E-state index < -0.39 is 5.54 Å². The molecule has 3 nitrogen and oxygen atoms in total. The topological polar surface area (TPSA) is 41.1 Å². The van der Waals surface area contributed by atoms with Crippen molar-refractivity contribution in [2.24, 2.45) is 11.8 Å². The minimum atomic E-state index is -0.460. The minimum absolute atomic E-state index is 0.0702. The molecule has 0 fully saturated rings. The average Bonchev–Trinajstić information content (AvgIpc) is 2.23. The SMILES string of the molecule is CCC(C)CNC(C)(C(=O)NC)C(C)C. The van der Waals surface area contributed by atoms with Gasteiger partial charge in [0.1, 0.15) is 0 Å². The lowest BCUT2D eigenvalue weighted by atomic mass is 9.87. The van der Waals surface area contributed by atoms with Crippen molar-refractivity contribution in [1.29, 1.82) is 0 Å². The highest BCUT2D eigenvalue weighted by Gasteiger charge is 2.35. The lowest BCUT2D eigenvalue weighted by molar-refractivity contribution is -0.128. The smallest absolute Gasteiger partial charge is 0.240 e. The largest absolute Gasteiger partial charge is 0.358 e. The number of hydrogen-bond acceptors (Lipinski definition) is 2. The zero-order chi connectivity index (χ0) is 12.1. The molecule has 2 N–H and O–H groups in total. The van der Waals surface area contributed by atoms with Crippen LogP contribution in [-0.2, 0) is 4.79 Å². The zero-order valence-corrected chi connectivity index (χ0v) is 11.0. The van der Waals surface area contributed by atoms with E-state index in [2.05, 4.69) is 38.3 Å². The van der Waals surface area contributed by atoms with Crippen LogP contribution >= 0.6 is 0 Å². The van der Waals surface area contributed by atoms with Gasteiger partial charge in [0, 0.05) is 7.05 Å². The summed E-state index contributed by atoms with van der Waals surface area (Å²) in [5, 5.41) is 6.11. The Balaban J connectivity index is 4.46. The van der Waals surface area contributed by atoms with Crippen LogP contribution in [0.15, 0.2) is 0 Å². The Labute approximate surface area is 94.0 Å². The van der Waals surface area contributed by atoms with Crippen molar-refractivity contribution in [2.45, 2.75) is 46.6 Å². The molecule has 0 radical (unpaired) electrons. The Bertz CT molecular complexity index is 204. The zero-order valence-electron chi connectivity index (χ0n) is 11.0. The molecular formula is C12H26N2O. The predicted octanol–water partition coefficient (Wildman–Crippen LogP) is 1.78. The van der Waals surface area contributed by atoms with Crippen molar-refractivity contribution in [1.82, 2.24) is 10.6 Å². The van der Waals surface area contributed by atoms with Crippen LogP contribution in [0.2, 0.25) is 0 Å². The highest BCUT2D eigenvalue weighted by Crippen LogP contribution is 2.17. The molecule has 2 atom stereocenters. The maximum Gasteiger partial charge on any atom is 0.240 e. The van der Waals surface area contributed by atoms with Gasteiger partial charge >= 0.3 is 0 Å². The van der Waals surface area contributed by atoms with Gasteiger partial charge in [0.15, 0.2) is 0 Å². The fourth-order valence-electron chi connectivity index (χ4n) is 1.34. The van der Waals surface area contributed by atoms with Gasteiger partial charge in [0.2, 0.25) is 5.91 Å². The van der Waals surface area contributed by atoms with E-state index in [4.69, 9.17) is 0 Å². The van der Waals surface area contributed by atoms with Crippen LogP contribution in [0.25, 0.3) is 0 Å². The number of nitrogens with one attached hydrogen (secondary N) is 2. The molecule has 90 valence electrons. The van der Waals surface area contributed by atoms with Crippen LogP contribution in [0.5, 0.6) is 0 Å². The maximum atomic E-state index is 11.8. The number of carbonyl (C=O) groups excluding carboxylic acids is 1. The van der Waals surface area contributed by atoms with E-state index in [1.54, 1.807) is 7.05 Å².